The largest absolute Gasteiger partial charge is 0.496 e. The van der Waals surface area contributed by atoms with Crippen LogP contribution in [0.5, 0.6) is 5.75 Å². The summed E-state index contributed by atoms with van der Waals surface area (Å²) in [6.45, 7) is 2.00. The van der Waals surface area contributed by atoms with Gasteiger partial charge in [0.05, 0.1) is 12.7 Å². The van der Waals surface area contributed by atoms with Crippen molar-refractivity contribution in [1.82, 2.24) is 4.98 Å². The number of para-hydroxylation sites is 1. The highest BCUT2D eigenvalue weighted by molar-refractivity contribution is 7.15. The predicted octanol–water partition coefficient (Wildman–Crippen LogP) is 2.71. The Balaban J connectivity index is 2.30. The van der Waals surface area contributed by atoms with Crippen molar-refractivity contribution in [1.29, 1.82) is 0 Å². The smallest absolute Gasteiger partial charge is 0.129 e. The Labute approximate surface area is 105 Å². The van der Waals surface area contributed by atoms with Crippen molar-refractivity contribution < 1.29 is 4.74 Å². The first-order chi connectivity index (χ1) is 8.20. The zero-order valence-electron chi connectivity index (χ0n) is 10.0. The van der Waals surface area contributed by atoms with Crippen LogP contribution in [0.1, 0.15) is 11.8 Å². The van der Waals surface area contributed by atoms with E-state index in [-0.39, 0.29) is 6.04 Å². The van der Waals surface area contributed by atoms with Gasteiger partial charge in [0.2, 0.25) is 0 Å². The molecule has 4 heteroatoms. The van der Waals surface area contributed by atoms with E-state index in [0.717, 1.165) is 22.7 Å². The van der Waals surface area contributed by atoms with Crippen LogP contribution in [0, 0.1) is 0 Å². The van der Waals surface area contributed by atoms with Crippen molar-refractivity contribution in [2.45, 2.75) is 19.4 Å². The van der Waals surface area contributed by atoms with Crippen LogP contribution >= 0.6 is 11.3 Å². The SMILES string of the molecule is COc1ccccc1-c1ncc(CC(C)N)s1. The number of nitrogens with two attached hydrogens (primary N) is 1. The Morgan fingerprint density at radius 2 is 2.18 bits per heavy atom. The lowest BCUT2D eigenvalue weighted by Gasteiger charge is -2.04. The topological polar surface area (TPSA) is 48.1 Å². The maximum Gasteiger partial charge on any atom is 0.129 e. The molecule has 2 rings (SSSR count). The summed E-state index contributed by atoms with van der Waals surface area (Å²) >= 11 is 1.67. The van der Waals surface area contributed by atoms with Crippen molar-refractivity contribution in [3.8, 4) is 16.3 Å². The number of ether oxygens (including phenoxy) is 1. The van der Waals surface area contributed by atoms with E-state index in [0.29, 0.717) is 0 Å². The molecule has 0 saturated heterocycles. The second-order valence-electron chi connectivity index (χ2n) is 4.01. The van der Waals surface area contributed by atoms with Gasteiger partial charge in [-0.1, -0.05) is 12.1 Å². The molecule has 2 aromatic rings. The Kier molecular flexibility index (Phi) is 3.76. The van der Waals surface area contributed by atoms with Gasteiger partial charge in [-0.25, -0.2) is 4.98 Å². The first kappa shape index (κ1) is 12.1. The molecule has 17 heavy (non-hydrogen) atoms. The number of methoxy groups -OCH3 is 1. The molecule has 0 spiro atoms. The quantitative estimate of drug-likeness (QED) is 0.905. The third-order valence-corrected chi connectivity index (χ3v) is 3.47. The lowest BCUT2D eigenvalue weighted by atomic mass is 10.2. The minimum atomic E-state index is 0.168. The monoisotopic (exact) mass is 248 g/mol. The van der Waals surface area contributed by atoms with Crippen molar-refractivity contribution in [2.75, 3.05) is 7.11 Å². The van der Waals surface area contributed by atoms with Crippen LogP contribution in [0.25, 0.3) is 10.6 Å². The van der Waals surface area contributed by atoms with Crippen molar-refractivity contribution in [3.63, 3.8) is 0 Å². The van der Waals surface area contributed by atoms with Crippen LogP contribution < -0.4 is 10.5 Å². The average molecular weight is 248 g/mol. The number of aromatic nitrogens is 1. The van der Waals surface area contributed by atoms with Gasteiger partial charge >= 0.3 is 0 Å². The maximum absolute atomic E-state index is 5.78. The molecule has 0 aliphatic heterocycles. The van der Waals surface area contributed by atoms with Gasteiger partial charge in [-0.2, -0.15) is 0 Å². The van der Waals surface area contributed by atoms with Gasteiger partial charge in [0.1, 0.15) is 10.8 Å². The van der Waals surface area contributed by atoms with Crippen LogP contribution in [0.4, 0.5) is 0 Å². The molecule has 0 amide bonds. The lowest BCUT2D eigenvalue weighted by Crippen LogP contribution is -2.16. The van der Waals surface area contributed by atoms with Gasteiger partial charge in [-0.3, -0.25) is 0 Å². The van der Waals surface area contributed by atoms with Crippen molar-refractivity contribution in [3.05, 3.63) is 35.3 Å². The van der Waals surface area contributed by atoms with Gasteiger partial charge < -0.3 is 10.5 Å². The Bertz CT molecular complexity index is 494. The Morgan fingerprint density at radius 1 is 1.41 bits per heavy atom. The summed E-state index contributed by atoms with van der Waals surface area (Å²) in [6, 6.07) is 8.08. The number of benzene rings is 1. The van der Waals surface area contributed by atoms with Gasteiger partial charge in [0, 0.05) is 17.1 Å². The van der Waals surface area contributed by atoms with Gasteiger partial charge in [-0.15, -0.1) is 11.3 Å². The number of hydrogen-bond acceptors (Lipinski definition) is 4. The number of rotatable bonds is 4. The lowest BCUT2D eigenvalue weighted by molar-refractivity contribution is 0.416. The summed E-state index contributed by atoms with van der Waals surface area (Å²) in [5, 5.41) is 0.984. The Morgan fingerprint density at radius 3 is 2.88 bits per heavy atom. The number of thiazole rings is 1. The fraction of sp³-hybridized carbons (Fsp3) is 0.308. The number of hydrogen-bond donors (Lipinski definition) is 1. The third-order valence-electron chi connectivity index (χ3n) is 2.41. The molecule has 0 aliphatic carbocycles. The first-order valence-electron chi connectivity index (χ1n) is 5.54. The molecule has 0 aliphatic rings. The van der Waals surface area contributed by atoms with Gasteiger partial charge in [0.25, 0.3) is 0 Å². The highest BCUT2D eigenvalue weighted by atomic mass is 32.1. The zero-order valence-corrected chi connectivity index (χ0v) is 10.8. The number of nitrogens with zero attached hydrogens (tertiary/aromatic N) is 1. The van der Waals surface area contributed by atoms with Crippen LogP contribution in [0.2, 0.25) is 0 Å². The molecular formula is C13H16N2OS. The van der Waals surface area contributed by atoms with Crippen LogP contribution in [-0.4, -0.2) is 18.1 Å². The summed E-state index contributed by atoms with van der Waals surface area (Å²) < 4.78 is 5.33. The summed E-state index contributed by atoms with van der Waals surface area (Å²) in [6.07, 6.45) is 2.77. The predicted molar refractivity (Wildman–Crippen MR) is 71.5 cm³/mol. The molecular weight excluding hydrogens is 232 g/mol. The van der Waals surface area contributed by atoms with E-state index in [1.165, 1.54) is 4.88 Å². The zero-order chi connectivity index (χ0) is 12.3. The highest BCUT2D eigenvalue weighted by Gasteiger charge is 2.10. The van der Waals surface area contributed by atoms with Gasteiger partial charge in [-0.05, 0) is 25.5 Å². The molecule has 0 saturated carbocycles. The summed E-state index contributed by atoms with van der Waals surface area (Å²) in [7, 11) is 1.68. The van der Waals surface area contributed by atoms with Gasteiger partial charge in [0.15, 0.2) is 0 Å². The molecule has 90 valence electrons. The molecule has 1 atom stereocenters. The second-order valence-corrected chi connectivity index (χ2v) is 5.13. The molecule has 1 aromatic heterocycles. The van der Waals surface area contributed by atoms with E-state index in [9.17, 15) is 0 Å². The Hall–Kier alpha value is -1.39. The van der Waals surface area contributed by atoms with E-state index >= 15 is 0 Å². The standard InChI is InChI=1S/C13H16N2OS/c1-9(14)7-10-8-15-13(17-10)11-5-3-4-6-12(11)16-2/h3-6,8-9H,7,14H2,1-2H3. The molecule has 1 unspecified atom stereocenters. The average Bonchev–Trinajstić information content (AvgIpc) is 2.76. The first-order valence-corrected chi connectivity index (χ1v) is 6.36. The minimum Gasteiger partial charge on any atom is -0.496 e. The van der Waals surface area contributed by atoms with Crippen molar-refractivity contribution >= 4 is 11.3 Å². The maximum atomic E-state index is 5.78. The van der Waals surface area contributed by atoms with E-state index in [1.807, 2.05) is 37.4 Å². The molecule has 0 bridgehead atoms. The van der Waals surface area contributed by atoms with Crippen molar-refractivity contribution in [2.24, 2.45) is 5.73 Å². The second kappa shape index (κ2) is 5.29. The fourth-order valence-corrected chi connectivity index (χ4v) is 2.75. The van der Waals surface area contributed by atoms with E-state index in [2.05, 4.69) is 4.98 Å². The molecule has 1 heterocycles. The van der Waals surface area contributed by atoms with Crippen LogP contribution in [-0.2, 0) is 6.42 Å². The summed E-state index contributed by atoms with van der Waals surface area (Å²) in [4.78, 5) is 5.64. The summed E-state index contributed by atoms with van der Waals surface area (Å²) in [5.41, 5.74) is 6.82. The summed E-state index contributed by atoms with van der Waals surface area (Å²) in [5.74, 6) is 0.856. The molecule has 3 nitrogen and oxygen atoms in total. The van der Waals surface area contributed by atoms with E-state index in [1.54, 1.807) is 18.4 Å². The van der Waals surface area contributed by atoms with Crippen LogP contribution in [0.15, 0.2) is 30.5 Å². The molecule has 0 fully saturated rings. The third kappa shape index (κ3) is 2.84. The normalized spacial score (nSPS) is 12.4. The molecule has 1 aromatic carbocycles. The molecule has 0 radical (unpaired) electrons. The minimum absolute atomic E-state index is 0.168. The highest BCUT2D eigenvalue weighted by Crippen LogP contribution is 2.32. The fourth-order valence-electron chi connectivity index (χ4n) is 1.67. The molecule has 2 N–H and O–H groups in total. The van der Waals surface area contributed by atoms with Crippen LogP contribution in [0.3, 0.4) is 0 Å². The van der Waals surface area contributed by atoms with E-state index in [4.69, 9.17) is 10.5 Å². The van der Waals surface area contributed by atoms with E-state index < -0.39 is 0 Å².